The minimum Gasteiger partial charge on any atom is -0.497 e. The maximum absolute atomic E-state index is 13.3. The molecule has 1 amide bonds. The molecule has 3 heterocycles. The third-order valence-electron chi connectivity index (χ3n) is 6.33. The van der Waals surface area contributed by atoms with Crippen LogP contribution in [0.1, 0.15) is 12.8 Å². The van der Waals surface area contributed by atoms with Gasteiger partial charge in [-0.15, -0.1) is 0 Å². The van der Waals surface area contributed by atoms with Crippen molar-refractivity contribution in [2.45, 2.75) is 12.8 Å². The van der Waals surface area contributed by atoms with E-state index in [4.69, 9.17) is 9.72 Å². The Morgan fingerprint density at radius 3 is 2.68 bits per heavy atom. The molecule has 162 valence electrons. The minimum atomic E-state index is 0.0594. The number of piperazine rings is 1. The summed E-state index contributed by atoms with van der Waals surface area (Å²) in [6.45, 7) is 5.00. The van der Waals surface area contributed by atoms with Gasteiger partial charge in [-0.2, -0.15) is 0 Å². The maximum Gasteiger partial charge on any atom is 0.227 e. The first-order chi connectivity index (χ1) is 15.2. The first-order valence-corrected chi connectivity index (χ1v) is 11.8. The Bertz CT molecular complexity index is 1030. The summed E-state index contributed by atoms with van der Waals surface area (Å²) in [4.78, 5) is 24.8. The molecule has 0 bridgehead atoms. The zero-order valence-corrected chi connectivity index (χ0v) is 18.7. The highest BCUT2D eigenvalue weighted by Gasteiger charge is 2.32. The predicted octanol–water partition coefficient (Wildman–Crippen LogP) is 3.87. The molecule has 1 atom stereocenters. The molecule has 1 unspecified atom stereocenters. The number of methoxy groups -OCH3 is 1. The van der Waals surface area contributed by atoms with Gasteiger partial charge < -0.3 is 19.4 Å². The largest absolute Gasteiger partial charge is 0.497 e. The summed E-state index contributed by atoms with van der Waals surface area (Å²) in [5.41, 5.74) is 2.20. The molecule has 2 saturated heterocycles. The molecule has 31 heavy (non-hydrogen) atoms. The van der Waals surface area contributed by atoms with Crippen molar-refractivity contribution in [3.05, 3.63) is 48.5 Å². The van der Waals surface area contributed by atoms with E-state index in [2.05, 4.69) is 45.0 Å². The van der Waals surface area contributed by atoms with Crippen LogP contribution in [0.25, 0.3) is 10.2 Å². The summed E-state index contributed by atoms with van der Waals surface area (Å²) in [5.74, 6) is 1.23. The lowest BCUT2D eigenvalue weighted by Crippen LogP contribution is -2.52. The van der Waals surface area contributed by atoms with E-state index in [-0.39, 0.29) is 5.92 Å². The molecule has 2 aliphatic rings. The number of para-hydroxylation sites is 1. The summed E-state index contributed by atoms with van der Waals surface area (Å²) in [7, 11) is 1.69. The van der Waals surface area contributed by atoms with E-state index in [1.807, 2.05) is 18.2 Å². The van der Waals surface area contributed by atoms with Gasteiger partial charge >= 0.3 is 0 Å². The molecule has 0 N–H and O–H groups in total. The second-order valence-electron chi connectivity index (χ2n) is 8.26. The average molecular weight is 437 g/mol. The Hall–Kier alpha value is -2.80. The number of fused-ring (bicyclic) bond motifs is 1. The zero-order valence-electron chi connectivity index (χ0n) is 17.9. The van der Waals surface area contributed by atoms with Gasteiger partial charge in [0.15, 0.2) is 5.13 Å². The number of piperidine rings is 1. The summed E-state index contributed by atoms with van der Waals surface area (Å²) in [6.07, 6.45) is 2.01. The number of hydrogen-bond acceptors (Lipinski definition) is 6. The maximum atomic E-state index is 13.3. The van der Waals surface area contributed by atoms with Crippen LogP contribution in [0.5, 0.6) is 5.75 Å². The standard InChI is InChI=1S/C24H28N4O2S/c1-30-20-8-4-7-19(16-20)26-12-14-27(15-13-26)23(29)18-6-5-11-28(17-18)24-25-21-9-2-3-10-22(21)31-24/h2-4,7-10,16,18H,5-6,11-15,17H2,1H3. The monoisotopic (exact) mass is 436 g/mol. The number of amides is 1. The lowest BCUT2D eigenvalue weighted by molar-refractivity contribution is -0.136. The third kappa shape index (κ3) is 4.19. The average Bonchev–Trinajstić information content (AvgIpc) is 3.28. The Morgan fingerprint density at radius 1 is 1.03 bits per heavy atom. The molecule has 7 heteroatoms. The van der Waals surface area contributed by atoms with Gasteiger partial charge in [0.05, 0.1) is 23.2 Å². The quantitative estimate of drug-likeness (QED) is 0.621. The van der Waals surface area contributed by atoms with Gasteiger partial charge in [0.2, 0.25) is 5.91 Å². The summed E-state index contributed by atoms with van der Waals surface area (Å²) in [6, 6.07) is 16.4. The Balaban J connectivity index is 1.21. The van der Waals surface area contributed by atoms with Crippen molar-refractivity contribution in [1.29, 1.82) is 0 Å². The fourth-order valence-electron chi connectivity index (χ4n) is 4.60. The second kappa shape index (κ2) is 8.75. The summed E-state index contributed by atoms with van der Waals surface area (Å²) in [5, 5.41) is 1.04. The highest BCUT2D eigenvalue weighted by atomic mass is 32.1. The van der Waals surface area contributed by atoms with Crippen molar-refractivity contribution in [3.63, 3.8) is 0 Å². The topological polar surface area (TPSA) is 48.9 Å². The number of aromatic nitrogens is 1. The van der Waals surface area contributed by atoms with Crippen LogP contribution >= 0.6 is 11.3 Å². The van der Waals surface area contributed by atoms with Gasteiger partial charge in [0.25, 0.3) is 0 Å². The van der Waals surface area contributed by atoms with Crippen molar-refractivity contribution >= 4 is 38.3 Å². The van der Waals surface area contributed by atoms with E-state index in [9.17, 15) is 4.79 Å². The number of thiazole rings is 1. The number of anilines is 2. The van der Waals surface area contributed by atoms with Crippen molar-refractivity contribution in [2.75, 3.05) is 56.2 Å². The molecule has 2 aromatic carbocycles. The molecule has 0 saturated carbocycles. The fraction of sp³-hybridized carbons (Fsp3) is 0.417. The number of nitrogens with zero attached hydrogens (tertiary/aromatic N) is 4. The zero-order chi connectivity index (χ0) is 21.2. The molecular weight excluding hydrogens is 408 g/mol. The molecule has 0 spiro atoms. The van der Waals surface area contributed by atoms with Crippen molar-refractivity contribution in [1.82, 2.24) is 9.88 Å². The van der Waals surface area contributed by atoms with Crippen molar-refractivity contribution in [3.8, 4) is 5.75 Å². The highest BCUT2D eigenvalue weighted by Crippen LogP contribution is 2.32. The van der Waals surface area contributed by atoms with Gasteiger partial charge in [-0.3, -0.25) is 4.79 Å². The molecule has 1 aromatic heterocycles. The number of carbonyl (C=O) groups excluding carboxylic acids is 1. The van der Waals surface area contributed by atoms with Gasteiger partial charge in [-0.1, -0.05) is 29.5 Å². The molecule has 0 aliphatic carbocycles. The lowest BCUT2D eigenvalue weighted by Gasteiger charge is -2.39. The van der Waals surface area contributed by atoms with E-state index in [1.54, 1.807) is 18.4 Å². The molecule has 2 fully saturated rings. The highest BCUT2D eigenvalue weighted by molar-refractivity contribution is 7.22. The number of rotatable bonds is 4. The van der Waals surface area contributed by atoms with Crippen LogP contribution in [-0.4, -0.2) is 62.2 Å². The van der Waals surface area contributed by atoms with Crippen LogP contribution in [0, 0.1) is 5.92 Å². The molecule has 6 nitrogen and oxygen atoms in total. The molecule has 2 aliphatic heterocycles. The third-order valence-corrected chi connectivity index (χ3v) is 7.43. The van der Waals surface area contributed by atoms with E-state index >= 15 is 0 Å². The van der Waals surface area contributed by atoms with Crippen molar-refractivity contribution in [2.24, 2.45) is 5.92 Å². The smallest absolute Gasteiger partial charge is 0.227 e. The van der Waals surface area contributed by atoms with Gasteiger partial charge in [-0.25, -0.2) is 4.98 Å². The van der Waals surface area contributed by atoms with E-state index < -0.39 is 0 Å². The van der Waals surface area contributed by atoms with Crippen LogP contribution in [0.15, 0.2) is 48.5 Å². The summed E-state index contributed by atoms with van der Waals surface area (Å²) < 4.78 is 6.56. The Labute approximate surface area is 187 Å². The first-order valence-electron chi connectivity index (χ1n) is 11.0. The SMILES string of the molecule is COc1cccc(N2CCN(C(=O)C3CCCN(c4nc5ccccc5s4)C3)CC2)c1. The predicted molar refractivity (Wildman–Crippen MR) is 126 cm³/mol. The Morgan fingerprint density at radius 2 is 1.87 bits per heavy atom. The number of benzene rings is 2. The normalized spacial score (nSPS) is 19.6. The number of carbonyl (C=O) groups is 1. The number of ether oxygens (including phenoxy) is 1. The fourth-order valence-corrected chi connectivity index (χ4v) is 5.60. The molecule has 0 radical (unpaired) electrons. The van der Waals surface area contributed by atoms with Gasteiger partial charge in [0.1, 0.15) is 5.75 Å². The number of hydrogen-bond donors (Lipinski definition) is 0. The molecular formula is C24H28N4O2S. The van der Waals surface area contributed by atoms with Crippen molar-refractivity contribution < 1.29 is 9.53 Å². The minimum absolute atomic E-state index is 0.0594. The van der Waals surface area contributed by atoms with Crippen LogP contribution in [0.2, 0.25) is 0 Å². The van der Waals surface area contributed by atoms with Gasteiger partial charge in [-0.05, 0) is 37.1 Å². The molecule has 3 aromatic rings. The van der Waals surface area contributed by atoms with Gasteiger partial charge in [0, 0.05) is 51.0 Å². The van der Waals surface area contributed by atoms with E-state index in [0.717, 1.165) is 74.2 Å². The van der Waals surface area contributed by atoms with Crippen LogP contribution in [-0.2, 0) is 4.79 Å². The Kier molecular flexibility index (Phi) is 5.68. The van der Waals surface area contributed by atoms with Crippen LogP contribution in [0.4, 0.5) is 10.8 Å². The van der Waals surface area contributed by atoms with Crippen LogP contribution in [0.3, 0.4) is 0 Å². The molecule has 5 rings (SSSR count). The lowest BCUT2D eigenvalue weighted by atomic mass is 9.96. The van der Waals surface area contributed by atoms with Crippen LogP contribution < -0.4 is 14.5 Å². The first kappa shape index (κ1) is 20.1. The summed E-state index contributed by atoms with van der Waals surface area (Å²) >= 11 is 1.73. The van der Waals surface area contributed by atoms with E-state index in [1.165, 1.54) is 4.70 Å². The van der Waals surface area contributed by atoms with E-state index in [0.29, 0.717) is 5.91 Å². The second-order valence-corrected chi connectivity index (χ2v) is 9.27.